The molecule has 0 saturated heterocycles. The van der Waals surface area contributed by atoms with Crippen molar-refractivity contribution in [2.45, 2.75) is 32.9 Å². The van der Waals surface area contributed by atoms with Crippen LogP contribution in [0.5, 0.6) is 5.75 Å². The van der Waals surface area contributed by atoms with Crippen molar-refractivity contribution in [2.24, 2.45) is 5.73 Å². The molecule has 3 rings (SSSR count). The maximum absolute atomic E-state index is 12.4. The summed E-state index contributed by atoms with van der Waals surface area (Å²) in [4.78, 5) is 16.7. The summed E-state index contributed by atoms with van der Waals surface area (Å²) in [6, 6.07) is 14.9. The van der Waals surface area contributed by atoms with Gasteiger partial charge in [-0.2, -0.15) is 5.10 Å². The summed E-state index contributed by atoms with van der Waals surface area (Å²) in [6.07, 6.45) is 0.294. The van der Waals surface area contributed by atoms with Crippen molar-refractivity contribution < 1.29 is 9.53 Å². The number of H-pyrrole nitrogens is 1. The summed E-state index contributed by atoms with van der Waals surface area (Å²) in [5.74, 6) is 1.84. The Hall–Kier alpha value is -2.90. The Morgan fingerprint density at radius 1 is 1.18 bits per heavy atom. The van der Waals surface area contributed by atoms with Crippen LogP contribution in [0.2, 0.25) is 0 Å². The van der Waals surface area contributed by atoms with Gasteiger partial charge in [0.05, 0.1) is 19.1 Å². The molecule has 0 radical (unpaired) electrons. The first-order valence-corrected chi connectivity index (χ1v) is 8.81. The van der Waals surface area contributed by atoms with Gasteiger partial charge < -0.3 is 15.8 Å². The van der Waals surface area contributed by atoms with Gasteiger partial charge in [-0.1, -0.05) is 18.2 Å². The lowest BCUT2D eigenvalue weighted by Crippen LogP contribution is -2.16. The fourth-order valence-electron chi connectivity index (χ4n) is 2.62. The smallest absolute Gasteiger partial charge is 0.228 e. The van der Waals surface area contributed by atoms with Gasteiger partial charge in [0.2, 0.25) is 5.91 Å². The summed E-state index contributed by atoms with van der Waals surface area (Å²) >= 11 is 0. The van der Waals surface area contributed by atoms with E-state index in [4.69, 9.17) is 10.5 Å². The van der Waals surface area contributed by atoms with Crippen LogP contribution in [0.4, 0.5) is 5.69 Å². The molecule has 8 heteroatoms. The van der Waals surface area contributed by atoms with Crippen LogP contribution >= 0.6 is 12.4 Å². The molecule has 148 valence electrons. The first-order chi connectivity index (χ1) is 13.0. The van der Waals surface area contributed by atoms with Gasteiger partial charge in [0.25, 0.3) is 0 Å². The molecule has 0 spiro atoms. The largest absolute Gasteiger partial charge is 0.491 e. The van der Waals surface area contributed by atoms with E-state index in [2.05, 4.69) is 20.5 Å². The maximum atomic E-state index is 12.4. The number of para-hydroxylation sites is 1. The zero-order valence-electron chi connectivity index (χ0n) is 15.8. The van der Waals surface area contributed by atoms with E-state index in [1.54, 1.807) is 0 Å². The van der Waals surface area contributed by atoms with Crippen molar-refractivity contribution in [1.82, 2.24) is 15.2 Å². The number of nitrogens with two attached hydrogens (primary N) is 1. The standard InChI is InChI=1S/C20H23N5O2.ClH/c1-13(2)27-17-6-4-3-5-15(17)11-19(26)22-16-9-7-14(8-10-16)20-23-18(12-21)24-25-20;/h3-10,13H,11-12,21H2,1-2H3,(H,22,26)(H,23,24,25);1H. The van der Waals surface area contributed by atoms with Crippen molar-refractivity contribution in [1.29, 1.82) is 0 Å². The minimum atomic E-state index is -0.106. The highest BCUT2D eigenvalue weighted by molar-refractivity contribution is 5.92. The molecule has 0 atom stereocenters. The van der Waals surface area contributed by atoms with E-state index < -0.39 is 0 Å². The predicted molar refractivity (Wildman–Crippen MR) is 111 cm³/mol. The van der Waals surface area contributed by atoms with Gasteiger partial charge in [0.15, 0.2) is 5.82 Å². The van der Waals surface area contributed by atoms with Gasteiger partial charge in [-0.05, 0) is 44.2 Å². The number of halogens is 1. The molecule has 0 aliphatic carbocycles. The molecule has 1 heterocycles. The summed E-state index contributed by atoms with van der Waals surface area (Å²) in [6.45, 7) is 4.23. The fraction of sp³-hybridized carbons (Fsp3) is 0.250. The van der Waals surface area contributed by atoms with Gasteiger partial charge >= 0.3 is 0 Å². The minimum Gasteiger partial charge on any atom is -0.491 e. The van der Waals surface area contributed by atoms with Crippen LogP contribution in [-0.2, 0) is 17.8 Å². The second-order valence-electron chi connectivity index (χ2n) is 6.39. The third-order valence-corrected chi connectivity index (χ3v) is 3.84. The zero-order valence-corrected chi connectivity index (χ0v) is 16.6. The Labute approximate surface area is 170 Å². The third-order valence-electron chi connectivity index (χ3n) is 3.84. The first-order valence-electron chi connectivity index (χ1n) is 8.81. The van der Waals surface area contributed by atoms with Crippen LogP contribution in [0.15, 0.2) is 48.5 Å². The molecule has 0 saturated carbocycles. The monoisotopic (exact) mass is 401 g/mol. The van der Waals surface area contributed by atoms with E-state index in [1.807, 2.05) is 62.4 Å². The van der Waals surface area contributed by atoms with Crippen molar-refractivity contribution in [3.05, 3.63) is 59.9 Å². The van der Waals surface area contributed by atoms with Gasteiger partial charge in [-0.25, -0.2) is 4.98 Å². The summed E-state index contributed by atoms with van der Waals surface area (Å²) < 4.78 is 5.77. The van der Waals surface area contributed by atoms with Crippen LogP contribution in [0.3, 0.4) is 0 Å². The van der Waals surface area contributed by atoms with Crippen molar-refractivity contribution in [3.63, 3.8) is 0 Å². The Morgan fingerprint density at radius 2 is 1.89 bits per heavy atom. The van der Waals surface area contributed by atoms with Crippen molar-refractivity contribution >= 4 is 24.0 Å². The SMILES string of the molecule is CC(C)Oc1ccccc1CC(=O)Nc1ccc(-c2n[nH]c(CN)n2)cc1.Cl. The van der Waals surface area contributed by atoms with Crippen LogP contribution in [0.1, 0.15) is 25.2 Å². The number of amides is 1. The average molecular weight is 402 g/mol. The highest BCUT2D eigenvalue weighted by Gasteiger charge is 2.11. The molecule has 7 nitrogen and oxygen atoms in total. The lowest BCUT2D eigenvalue weighted by molar-refractivity contribution is -0.115. The Morgan fingerprint density at radius 3 is 2.54 bits per heavy atom. The van der Waals surface area contributed by atoms with E-state index >= 15 is 0 Å². The highest BCUT2D eigenvalue weighted by Crippen LogP contribution is 2.21. The average Bonchev–Trinajstić information content (AvgIpc) is 3.13. The van der Waals surface area contributed by atoms with Crippen LogP contribution in [0.25, 0.3) is 11.4 Å². The van der Waals surface area contributed by atoms with E-state index in [-0.39, 0.29) is 30.8 Å². The van der Waals surface area contributed by atoms with Crippen molar-refractivity contribution in [3.8, 4) is 17.1 Å². The molecule has 0 aliphatic rings. The number of rotatable bonds is 7. The van der Waals surface area contributed by atoms with Gasteiger partial charge in [-0.15, -0.1) is 12.4 Å². The van der Waals surface area contributed by atoms with Gasteiger partial charge in [-0.3, -0.25) is 9.89 Å². The first kappa shape index (κ1) is 21.4. The zero-order chi connectivity index (χ0) is 19.2. The number of hydrogen-bond donors (Lipinski definition) is 3. The molecule has 1 aromatic heterocycles. The van der Waals surface area contributed by atoms with Crippen LogP contribution < -0.4 is 15.8 Å². The number of hydrogen-bond acceptors (Lipinski definition) is 5. The number of carbonyl (C=O) groups is 1. The van der Waals surface area contributed by atoms with E-state index in [0.29, 0.717) is 23.9 Å². The number of benzene rings is 2. The fourth-order valence-corrected chi connectivity index (χ4v) is 2.62. The van der Waals surface area contributed by atoms with E-state index in [0.717, 1.165) is 16.9 Å². The quantitative estimate of drug-likeness (QED) is 0.563. The number of anilines is 1. The molecule has 0 bridgehead atoms. The topological polar surface area (TPSA) is 106 Å². The minimum absolute atomic E-state index is 0. The van der Waals surface area contributed by atoms with Gasteiger partial charge in [0, 0.05) is 16.8 Å². The number of nitrogens with one attached hydrogen (secondary N) is 2. The number of ether oxygens (including phenoxy) is 1. The van der Waals surface area contributed by atoms with E-state index in [9.17, 15) is 4.79 Å². The van der Waals surface area contributed by atoms with Crippen LogP contribution in [0, 0.1) is 0 Å². The number of aromatic amines is 1. The normalized spacial score (nSPS) is 10.4. The number of carbonyl (C=O) groups excluding carboxylic acids is 1. The lowest BCUT2D eigenvalue weighted by atomic mass is 10.1. The number of aromatic nitrogens is 3. The third kappa shape index (κ3) is 5.55. The molecule has 1 amide bonds. The molecule has 3 aromatic rings. The molecular weight excluding hydrogens is 378 g/mol. The molecule has 2 aromatic carbocycles. The molecule has 0 aliphatic heterocycles. The molecular formula is C20H24ClN5O2. The predicted octanol–water partition coefficient (Wildman–Crippen LogP) is 3.32. The molecule has 28 heavy (non-hydrogen) atoms. The molecule has 0 fully saturated rings. The maximum Gasteiger partial charge on any atom is 0.228 e. The number of nitrogens with zero attached hydrogens (tertiary/aromatic N) is 2. The summed E-state index contributed by atoms with van der Waals surface area (Å²) in [5, 5.41) is 9.80. The Balaban J connectivity index is 0.00000280. The van der Waals surface area contributed by atoms with Crippen LogP contribution in [-0.4, -0.2) is 27.2 Å². The second-order valence-corrected chi connectivity index (χ2v) is 6.39. The Bertz CT molecular complexity index is 909. The highest BCUT2D eigenvalue weighted by atomic mass is 35.5. The molecule has 0 unspecified atom stereocenters. The lowest BCUT2D eigenvalue weighted by Gasteiger charge is -2.14. The molecule has 4 N–H and O–H groups in total. The second kappa shape index (κ2) is 9.87. The van der Waals surface area contributed by atoms with Crippen molar-refractivity contribution in [2.75, 3.05) is 5.32 Å². The summed E-state index contributed by atoms with van der Waals surface area (Å²) in [5.41, 5.74) is 7.94. The summed E-state index contributed by atoms with van der Waals surface area (Å²) in [7, 11) is 0. The van der Waals surface area contributed by atoms with Gasteiger partial charge in [0.1, 0.15) is 11.6 Å². The van der Waals surface area contributed by atoms with E-state index in [1.165, 1.54) is 0 Å². The Kier molecular flexibility index (Phi) is 7.54.